The number of nitrogens with one attached hydrogen (secondary N) is 1. The lowest BCUT2D eigenvalue weighted by molar-refractivity contribution is -0.116. The number of hydrogen-bond acceptors (Lipinski definition) is 4. The van der Waals surface area contributed by atoms with E-state index in [0.717, 1.165) is 22.6 Å². The highest BCUT2D eigenvalue weighted by Crippen LogP contribution is 2.46. The molecule has 1 N–H and O–H groups in total. The first-order valence-electron chi connectivity index (χ1n) is 7.36. The normalized spacial score (nSPS) is 16.3. The Balaban J connectivity index is 2.14. The number of rotatable bonds is 4. The van der Waals surface area contributed by atoms with E-state index in [9.17, 15) is 4.79 Å². The van der Waals surface area contributed by atoms with Gasteiger partial charge in [-0.1, -0.05) is 12.1 Å². The summed E-state index contributed by atoms with van der Waals surface area (Å²) in [6, 6.07) is 11.4. The summed E-state index contributed by atoms with van der Waals surface area (Å²) >= 11 is 0. The first kappa shape index (κ1) is 15.2. The first-order chi connectivity index (χ1) is 11.2. The van der Waals surface area contributed by atoms with Gasteiger partial charge in [-0.2, -0.15) is 0 Å². The highest BCUT2D eigenvalue weighted by atomic mass is 16.5. The minimum Gasteiger partial charge on any atom is -0.497 e. The number of anilines is 1. The Hall–Kier alpha value is -2.69. The molecule has 1 atom stereocenters. The van der Waals surface area contributed by atoms with Crippen molar-refractivity contribution in [3.05, 3.63) is 47.5 Å². The summed E-state index contributed by atoms with van der Waals surface area (Å²) in [5.41, 5.74) is 2.66. The number of amides is 1. The van der Waals surface area contributed by atoms with Gasteiger partial charge in [0.25, 0.3) is 0 Å². The molecule has 2 aromatic carbocycles. The molecule has 2 aromatic rings. The van der Waals surface area contributed by atoms with Gasteiger partial charge in [0.2, 0.25) is 5.91 Å². The zero-order valence-corrected chi connectivity index (χ0v) is 13.4. The molecule has 1 unspecified atom stereocenters. The van der Waals surface area contributed by atoms with Crippen molar-refractivity contribution in [1.82, 2.24) is 0 Å². The van der Waals surface area contributed by atoms with Crippen molar-refractivity contribution in [2.24, 2.45) is 0 Å². The van der Waals surface area contributed by atoms with Gasteiger partial charge >= 0.3 is 0 Å². The van der Waals surface area contributed by atoms with Gasteiger partial charge in [-0.15, -0.1) is 0 Å². The topological polar surface area (TPSA) is 56.8 Å². The van der Waals surface area contributed by atoms with Crippen LogP contribution in [0.3, 0.4) is 0 Å². The van der Waals surface area contributed by atoms with E-state index in [0.29, 0.717) is 17.9 Å². The van der Waals surface area contributed by atoms with E-state index in [4.69, 9.17) is 14.2 Å². The van der Waals surface area contributed by atoms with E-state index in [1.165, 1.54) is 0 Å². The minimum atomic E-state index is -0.0882. The summed E-state index contributed by atoms with van der Waals surface area (Å²) in [4.78, 5) is 12.2. The molecule has 1 aliphatic rings. The number of carbonyl (C=O) groups is 1. The molecule has 0 saturated heterocycles. The first-order valence-corrected chi connectivity index (χ1v) is 7.36. The highest BCUT2D eigenvalue weighted by molar-refractivity contribution is 5.98. The Kier molecular flexibility index (Phi) is 4.10. The molecule has 0 aromatic heterocycles. The van der Waals surface area contributed by atoms with E-state index >= 15 is 0 Å². The van der Waals surface area contributed by atoms with Gasteiger partial charge in [0, 0.05) is 17.9 Å². The third kappa shape index (κ3) is 2.70. The highest BCUT2D eigenvalue weighted by Gasteiger charge is 2.31. The number of benzene rings is 2. The fourth-order valence-electron chi connectivity index (χ4n) is 3.00. The van der Waals surface area contributed by atoms with Crippen molar-refractivity contribution in [1.29, 1.82) is 0 Å². The molecule has 5 heteroatoms. The second-order valence-corrected chi connectivity index (χ2v) is 5.34. The standard InChI is InChI=1S/C18H19NO4/c1-21-12-6-4-11(5-7-12)13-10-16(20)19-18-15(23-3)9-8-14(22-2)17(13)18/h4-9,13H,10H2,1-3H3,(H,19,20). The van der Waals surface area contributed by atoms with E-state index in [1.807, 2.05) is 30.3 Å². The van der Waals surface area contributed by atoms with Crippen LogP contribution >= 0.6 is 0 Å². The molecule has 1 heterocycles. The summed E-state index contributed by atoms with van der Waals surface area (Å²) < 4.78 is 16.1. The molecule has 0 spiro atoms. The van der Waals surface area contributed by atoms with Gasteiger partial charge < -0.3 is 19.5 Å². The Labute approximate surface area is 135 Å². The van der Waals surface area contributed by atoms with Crippen LogP contribution in [-0.4, -0.2) is 27.2 Å². The maximum Gasteiger partial charge on any atom is 0.225 e. The van der Waals surface area contributed by atoms with Crippen LogP contribution in [-0.2, 0) is 4.79 Å². The van der Waals surface area contributed by atoms with Crippen molar-refractivity contribution in [2.45, 2.75) is 12.3 Å². The zero-order chi connectivity index (χ0) is 16.4. The van der Waals surface area contributed by atoms with Crippen molar-refractivity contribution in [2.75, 3.05) is 26.6 Å². The summed E-state index contributed by atoms with van der Waals surface area (Å²) in [5.74, 6) is 2.03. The van der Waals surface area contributed by atoms with Crippen molar-refractivity contribution in [3.63, 3.8) is 0 Å². The average Bonchev–Trinajstić information content (AvgIpc) is 2.60. The van der Waals surface area contributed by atoms with Crippen LogP contribution in [0, 0.1) is 0 Å². The van der Waals surface area contributed by atoms with Crippen molar-refractivity contribution >= 4 is 11.6 Å². The fourth-order valence-corrected chi connectivity index (χ4v) is 3.00. The van der Waals surface area contributed by atoms with Crippen LogP contribution in [0.1, 0.15) is 23.5 Å². The summed E-state index contributed by atoms with van der Waals surface area (Å²) in [7, 11) is 4.85. The van der Waals surface area contributed by atoms with Crippen molar-refractivity contribution < 1.29 is 19.0 Å². The molecule has 0 saturated carbocycles. The predicted octanol–water partition coefficient (Wildman–Crippen LogP) is 3.19. The molecule has 120 valence electrons. The van der Waals surface area contributed by atoms with E-state index in [1.54, 1.807) is 27.4 Å². The van der Waals surface area contributed by atoms with Crippen LogP contribution < -0.4 is 19.5 Å². The SMILES string of the molecule is COc1ccc(C2CC(=O)Nc3c(OC)ccc(OC)c32)cc1. The van der Waals surface area contributed by atoms with Gasteiger partial charge in [-0.05, 0) is 29.8 Å². The average molecular weight is 313 g/mol. The molecular weight excluding hydrogens is 294 g/mol. The smallest absolute Gasteiger partial charge is 0.225 e. The van der Waals surface area contributed by atoms with Gasteiger partial charge in [0.05, 0.1) is 27.0 Å². The van der Waals surface area contributed by atoms with E-state index in [-0.39, 0.29) is 11.8 Å². The molecule has 5 nitrogen and oxygen atoms in total. The molecule has 1 aliphatic heterocycles. The Morgan fingerprint density at radius 2 is 1.57 bits per heavy atom. The number of methoxy groups -OCH3 is 3. The molecule has 0 aliphatic carbocycles. The van der Waals surface area contributed by atoms with Crippen LogP contribution in [0.2, 0.25) is 0 Å². The maximum atomic E-state index is 12.2. The molecule has 3 rings (SSSR count). The lowest BCUT2D eigenvalue weighted by Gasteiger charge is -2.29. The second kappa shape index (κ2) is 6.20. The molecule has 0 bridgehead atoms. The zero-order valence-electron chi connectivity index (χ0n) is 13.4. The Bertz CT molecular complexity index is 725. The van der Waals surface area contributed by atoms with Crippen LogP contribution in [0.25, 0.3) is 0 Å². The third-order valence-corrected chi connectivity index (χ3v) is 4.13. The summed E-state index contributed by atoms with van der Waals surface area (Å²) in [6.45, 7) is 0. The van der Waals surface area contributed by atoms with Gasteiger partial charge in [0.15, 0.2) is 0 Å². The van der Waals surface area contributed by atoms with Crippen LogP contribution in [0.5, 0.6) is 17.2 Å². The van der Waals surface area contributed by atoms with Gasteiger partial charge in [0.1, 0.15) is 17.2 Å². The fraction of sp³-hybridized carbons (Fsp3) is 0.278. The molecule has 23 heavy (non-hydrogen) atoms. The lowest BCUT2D eigenvalue weighted by atomic mass is 9.84. The van der Waals surface area contributed by atoms with E-state index in [2.05, 4.69) is 5.32 Å². The van der Waals surface area contributed by atoms with Crippen LogP contribution in [0.4, 0.5) is 5.69 Å². The summed E-state index contributed by atoms with van der Waals surface area (Å²) in [5, 5.41) is 2.91. The largest absolute Gasteiger partial charge is 0.497 e. The quantitative estimate of drug-likeness (QED) is 0.942. The molecule has 1 amide bonds. The Morgan fingerprint density at radius 3 is 2.17 bits per heavy atom. The third-order valence-electron chi connectivity index (χ3n) is 4.13. The molecular formula is C18H19NO4. The van der Waals surface area contributed by atoms with Gasteiger partial charge in [-0.3, -0.25) is 4.79 Å². The molecule has 0 radical (unpaired) electrons. The van der Waals surface area contributed by atoms with Crippen LogP contribution in [0.15, 0.2) is 36.4 Å². The number of carbonyl (C=O) groups excluding carboxylic acids is 1. The Morgan fingerprint density at radius 1 is 0.913 bits per heavy atom. The predicted molar refractivity (Wildman–Crippen MR) is 87.6 cm³/mol. The maximum absolute atomic E-state index is 12.2. The number of ether oxygens (including phenoxy) is 3. The van der Waals surface area contributed by atoms with Crippen molar-refractivity contribution in [3.8, 4) is 17.2 Å². The molecule has 0 fully saturated rings. The monoisotopic (exact) mass is 313 g/mol. The number of fused-ring (bicyclic) bond motifs is 1. The lowest BCUT2D eigenvalue weighted by Crippen LogP contribution is -2.24. The minimum absolute atomic E-state index is 0.0372. The van der Waals surface area contributed by atoms with Gasteiger partial charge in [-0.25, -0.2) is 0 Å². The summed E-state index contributed by atoms with van der Waals surface area (Å²) in [6.07, 6.45) is 0.364. The number of hydrogen-bond donors (Lipinski definition) is 1. The van der Waals surface area contributed by atoms with E-state index < -0.39 is 0 Å². The second-order valence-electron chi connectivity index (χ2n) is 5.34.